The number of hydrogen-bond donors (Lipinski definition) is 2. The van der Waals surface area contributed by atoms with Crippen LogP contribution in [0.3, 0.4) is 0 Å². The third-order valence-corrected chi connectivity index (χ3v) is 2.30. The normalized spacial score (nSPS) is 10.4. The van der Waals surface area contributed by atoms with Gasteiger partial charge in [0.15, 0.2) is 0 Å². The van der Waals surface area contributed by atoms with Crippen molar-refractivity contribution in [1.82, 2.24) is 9.80 Å². The van der Waals surface area contributed by atoms with Gasteiger partial charge in [0.25, 0.3) is 0 Å². The molecular formula is C11H22N2O4. The van der Waals surface area contributed by atoms with Gasteiger partial charge < -0.3 is 20.0 Å². The van der Waals surface area contributed by atoms with Crippen LogP contribution in [0.5, 0.6) is 0 Å². The van der Waals surface area contributed by atoms with Gasteiger partial charge in [0.05, 0.1) is 6.61 Å². The van der Waals surface area contributed by atoms with Crippen LogP contribution < -0.4 is 0 Å². The molecule has 0 spiro atoms. The summed E-state index contributed by atoms with van der Waals surface area (Å²) < 4.78 is 0. The van der Waals surface area contributed by atoms with E-state index in [1.807, 2.05) is 20.8 Å². The number of aliphatic carboxylic acids is 1. The van der Waals surface area contributed by atoms with Gasteiger partial charge in [-0.1, -0.05) is 6.92 Å². The topological polar surface area (TPSA) is 81.1 Å². The number of aliphatic hydroxyl groups is 1. The number of urea groups is 1. The molecule has 0 fully saturated rings. The van der Waals surface area contributed by atoms with E-state index in [1.165, 1.54) is 9.80 Å². The minimum Gasteiger partial charge on any atom is -0.480 e. The zero-order chi connectivity index (χ0) is 13.4. The smallest absolute Gasteiger partial charge is 0.323 e. The van der Waals surface area contributed by atoms with E-state index in [2.05, 4.69) is 0 Å². The maximum absolute atomic E-state index is 12.1. The molecule has 0 heterocycles. The molecule has 0 aliphatic rings. The Balaban J connectivity index is 4.70. The lowest BCUT2D eigenvalue weighted by Crippen LogP contribution is -2.49. The molecule has 0 unspecified atom stereocenters. The fraction of sp³-hybridized carbons (Fsp3) is 0.818. The Bertz CT molecular complexity index is 256. The zero-order valence-electron chi connectivity index (χ0n) is 10.7. The van der Waals surface area contributed by atoms with E-state index >= 15 is 0 Å². The van der Waals surface area contributed by atoms with Crippen molar-refractivity contribution < 1.29 is 19.8 Å². The summed E-state index contributed by atoms with van der Waals surface area (Å²) in [6, 6.07) is -0.402. The number of amides is 2. The molecule has 100 valence electrons. The first-order valence-corrected chi connectivity index (χ1v) is 5.82. The Hall–Kier alpha value is -1.30. The van der Waals surface area contributed by atoms with E-state index in [0.29, 0.717) is 13.0 Å². The van der Waals surface area contributed by atoms with Crippen LogP contribution in [0.25, 0.3) is 0 Å². The van der Waals surface area contributed by atoms with Crippen molar-refractivity contribution in [3.05, 3.63) is 0 Å². The molecule has 6 heteroatoms. The van der Waals surface area contributed by atoms with Crippen LogP contribution in [-0.2, 0) is 4.79 Å². The van der Waals surface area contributed by atoms with Crippen molar-refractivity contribution in [1.29, 1.82) is 0 Å². The first-order valence-electron chi connectivity index (χ1n) is 5.82. The summed E-state index contributed by atoms with van der Waals surface area (Å²) in [5, 5.41) is 17.6. The molecule has 0 saturated carbocycles. The van der Waals surface area contributed by atoms with Gasteiger partial charge in [0.1, 0.15) is 6.54 Å². The number of aliphatic hydroxyl groups excluding tert-OH is 1. The maximum atomic E-state index is 12.1. The third-order valence-electron chi connectivity index (χ3n) is 2.30. The highest BCUT2D eigenvalue weighted by molar-refractivity contribution is 5.80. The predicted octanol–water partition coefficient (Wildman–Crippen LogP) is 0.606. The highest BCUT2D eigenvalue weighted by Crippen LogP contribution is 2.05. The van der Waals surface area contributed by atoms with E-state index in [1.54, 1.807) is 0 Å². The van der Waals surface area contributed by atoms with E-state index < -0.39 is 5.97 Å². The molecule has 0 radical (unpaired) electrons. The van der Waals surface area contributed by atoms with Crippen LogP contribution in [-0.4, -0.2) is 64.3 Å². The second-order valence-corrected chi connectivity index (χ2v) is 4.11. The maximum Gasteiger partial charge on any atom is 0.323 e. The standard InChI is InChI=1S/C11H22N2O4/c1-4-5-12(8-10(15)16)11(17)13(6-7-14)9(2)3/h9,14H,4-8H2,1-3H3,(H,15,16). The van der Waals surface area contributed by atoms with Crippen LogP contribution in [0, 0.1) is 0 Å². The van der Waals surface area contributed by atoms with Gasteiger partial charge in [-0.25, -0.2) is 4.79 Å². The summed E-state index contributed by atoms with van der Waals surface area (Å²) in [6.45, 7) is 5.74. The van der Waals surface area contributed by atoms with Crippen molar-refractivity contribution in [2.45, 2.75) is 33.2 Å². The van der Waals surface area contributed by atoms with Crippen LogP contribution in [0.2, 0.25) is 0 Å². The summed E-state index contributed by atoms with van der Waals surface area (Å²) >= 11 is 0. The van der Waals surface area contributed by atoms with Crippen molar-refractivity contribution in [2.75, 3.05) is 26.2 Å². The van der Waals surface area contributed by atoms with Gasteiger partial charge >= 0.3 is 12.0 Å². The quantitative estimate of drug-likeness (QED) is 0.689. The Morgan fingerprint density at radius 1 is 1.24 bits per heavy atom. The van der Waals surface area contributed by atoms with Gasteiger partial charge in [-0.2, -0.15) is 0 Å². The first kappa shape index (κ1) is 15.7. The van der Waals surface area contributed by atoms with E-state index in [-0.39, 0.29) is 31.8 Å². The number of carboxylic acids is 1. The summed E-state index contributed by atoms with van der Waals surface area (Å²) in [5.74, 6) is -1.03. The average Bonchev–Trinajstić information content (AvgIpc) is 2.23. The fourth-order valence-corrected chi connectivity index (χ4v) is 1.54. The minimum atomic E-state index is -1.03. The van der Waals surface area contributed by atoms with Gasteiger partial charge in [-0.15, -0.1) is 0 Å². The van der Waals surface area contributed by atoms with Crippen LogP contribution >= 0.6 is 0 Å². The van der Waals surface area contributed by atoms with Crippen molar-refractivity contribution in [3.63, 3.8) is 0 Å². The van der Waals surface area contributed by atoms with E-state index in [0.717, 1.165) is 0 Å². The molecule has 2 N–H and O–H groups in total. The molecule has 0 aliphatic heterocycles. The molecule has 0 aromatic heterocycles. The first-order chi connectivity index (χ1) is 7.93. The van der Waals surface area contributed by atoms with Crippen LogP contribution in [0.15, 0.2) is 0 Å². The van der Waals surface area contributed by atoms with Crippen LogP contribution in [0.1, 0.15) is 27.2 Å². The highest BCUT2D eigenvalue weighted by atomic mass is 16.4. The largest absolute Gasteiger partial charge is 0.480 e. The van der Waals surface area contributed by atoms with E-state index in [4.69, 9.17) is 10.2 Å². The van der Waals surface area contributed by atoms with Crippen LogP contribution in [0.4, 0.5) is 4.79 Å². The molecule has 0 bridgehead atoms. The lowest BCUT2D eigenvalue weighted by atomic mass is 10.3. The Morgan fingerprint density at radius 3 is 2.18 bits per heavy atom. The molecule has 17 heavy (non-hydrogen) atoms. The second kappa shape index (κ2) is 7.89. The average molecular weight is 246 g/mol. The number of carboxylic acid groups (broad SMARTS) is 1. The zero-order valence-corrected chi connectivity index (χ0v) is 10.7. The lowest BCUT2D eigenvalue weighted by molar-refractivity contribution is -0.137. The molecule has 0 atom stereocenters. The SMILES string of the molecule is CCCN(CC(=O)O)C(=O)N(CCO)C(C)C. The number of hydrogen-bond acceptors (Lipinski definition) is 3. The number of carbonyl (C=O) groups is 2. The molecule has 0 aromatic rings. The molecular weight excluding hydrogens is 224 g/mol. The molecule has 6 nitrogen and oxygen atoms in total. The Kier molecular flexibility index (Phi) is 7.29. The van der Waals surface area contributed by atoms with Gasteiger partial charge in [0.2, 0.25) is 0 Å². The van der Waals surface area contributed by atoms with Crippen molar-refractivity contribution in [2.24, 2.45) is 0 Å². The van der Waals surface area contributed by atoms with Gasteiger partial charge in [0, 0.05) is 19.1 Å². The number of carbonyl (C=O) groups excluding carboxylic acids is 1. The van der Waals surface area contributed by atoms with Crippen molar-refractivity contribution >= 4 is 12.0 Å². The molecule has 0 rings (SSSR count). The predicted molar refractivity (Wildman–Crippen MR) is 63.8 cm³/mol. The lowest BCUT2D eigenvalue weighted by Gasteiger charge is -2.32. The minimum absolute atomic E-state index is 0.0669. The fourth-order valence-electron chi connectivity index (χ4n) is 1.54. The number of rotatable bonds is 7. The highest BCUT2D eigenvalue weighted by Gasteiger charge is 2.23. The summed E-state index contributed by atoms with van der Waals surface area (Å²) in [5.41, 5.74) is 0. The molecule has 2 amide bonds. The molecule has 0 saturated heterocycles. The Morgan fingerprint density at radius 2 is 1.82 bits per heavy atom. The summed E-state index contributed by atoms with van der Waals surface area (Å²) in [7, 11) is 0. The number of nitrogens with zero attached hydrogens (tertiary/aromatic N) is 2. The van der Waals surface area contributed by atoms with E-state index in [9.17, 15) is 9.59 Å². The molecule has 0 aliphatic carbocycles. The third kappa shape index (κ3) is 5.53. The Labute approximate surface area is 102 Å². The van der Waals surface area contributed by atoms with Crippen molar-refractivity contribution in [3.8, 4) is 0 Å². The second-order valence-electron chi connectivity index (χ2n) is 4.11. The summed E-state index contributed by atoms with van der Waals surface area (Å²) in [6.07, 6.45) is 0.698. The van der Waals surface area contributed by atoms with Gasteiger partial charge in [-0.05, 0) is 20.3 Å². The monoisotopic (exact) mass is 246 g/mol. The molecule has 0 aromatic carbocycles. The van der Waals surface area contributed by atoms with Gasteiger partial charge in [-0.3, -0.25) is 4.79 Å². The summed E-state index contributed by atoms with van der Waals surface area (Å²) in [4.78, 5) is 25.5.